The molecule has 8 nitrogen and oxygen atoms in total. The third-order valence-electron chi connectivity index (χ3n) is 8.61. The van der Waals surface area contributed by atoms with E-state index in [-0.39, 0.29) is 28.7 Å². The van der Waals surface area contributed by atoms with E-state index in [0.717, 1.165) is 33.4 Å². The standard InChI is InChI=1S/C31H30O8/c1-15-13-18(17-11-9-8-10-12-17)19-16(2)20(26(32)36-4)23(27(33)37-5)31-14-30(3,21(15)22(19)31)24(28(34)38-6)25(31)29(35)39-7/h8-13,16H,14H2,1-7H3/t16-,30+,31+/m1/s1. The molecule has 0 fully saturated rings. The van der Waals surface area contributed by atoms with Gasteiger partial charge in [0, 0.05) is 11.3 Å². The van der Waals surface area contributed by atoms with Crippen LogP contribution in [-0.2, 0) is 49.0 Å². The minimum Gasteiger partial charge on any atom is -0.466 e. The summed E-state index contributed by atoms with van der Waals surface area (Å²) in [6.45, 7) is 5.67. The van der Waals surface area contributed by atoms with Crippen molar-refractivity contribution in [3.63, 3.8) is 0 Å². The van der Waals surface area contributed by atoms with Gasteiger partial charge in [0.05, 0.1) is 56.1 Å². The Bertz CT molecular complexity index is 1530. The van der Waals surface area contributed by atoms with Crippen molar-refractivity contribution in [2.24, 2.45) is 0 Å². The van der Waals surface area contributed by atoms with Gasteiger partial charge in [-0.2, -0.15) is 0 Å². The van der Waals surface area contributed by atoms with Crippen molar-refractivity contribution < 1.29 is 38.1 Å². The molecule has 5 rings (SSSR count). The first kappa shape index (κ1) is 26.4. The number of carbonyl (C=O) groups excluding carboxylic acids is 4. The second kappa shape index (κ2) is 8.93. The lowest BCUT2D eigenvalue weighted by atomic mass is 9.59. The van der Waals surface area contributed by atoms with E-state index in [1.807, 2.05) is 57.2 Å². The second-order valence-corrected chi connectivity index (χ2v) is 10.4. The molecule has 3 aliphatic carbocycles. The number of carbonyl (C=O) groups is 4. The molecule has 0 saturated heterocycles. The maximum atomic E-state index is 13.7. The van der Waals surface area contributed by atoms with E-state index < -0.39 is 40.6 Å². The molecule has 39 heavy (non-hydrogen) atoms. The van der Waals surface area contributed by atoms with Crippen LogP contribution in [0.5, 0.6) is 0 Å². The number of esters is 4. The Hall–Kier alpha value is -4.20. The van der Waals surface area contributed by atoms with Gasteiger partial charge in [-0.3, -0.25) is 0 Å². The Balaban J connectivity index is 2.07. The Labute approximate surface area is 226 Å². The molecule has 0 radical (unpaired) electrons. The fraction of sp³-hybridized carbons (Fsp3) is 0.355. The minimum absolute atomic E-state index is 0.00795. The number of aryl methyl sites for hydroxylation is 1. The number of methoxy groups -OCH3 is 4. The fourth-order valence-electron chi connectivity index (χ4n) is 7.43. The fourth-order valence-corrected chi connectivity index (χ4v) is 7.43. The highest BCUT2D eigenvalue weighted by molar-refractivity contribution is 6.14. The summed E-state index contributed by atoms with van der Waals surface area (Å²) in [6.07, 6.45) is 0.147. The maximum absolute atomic E-state index is 13.7. The summed E-state index contributed by atoms with van der Waals surface area (Å²) < 4.78 is 20.8. The summed E-state index contributed by atoms with van der Waals surface area (Å²) in [6, 6.07) is 11.8. The van der Waals surface area contributed by atoms with E-state index in [2.05, 4.69) is 0 Å². The smallest absolute Gasteiger partial charge is 0.335 e. The van der Waals surface area contributed by atoms with Gasteiger partial charge in [0.15, 0.2) is 0 Å². The summed E-state index contributed by atoms with van der Waals surface area (Å²) in [5, 5.41) is 0. The van der Waals surface area contributed by atoms with Crippen LogP contribution in [0.3, 0.4) is 0 Å². The van der Waals surface area contributed by atoms with Gasteiger partial charge in [0.2, 0.25) is 0 Å². The molecular formula is C31H30O8. The lowest BCUT2D eigenvalue weighted by Gasteiger charge is -2.42. The highest BCUT2D eigenvalue weighted by Crippen LogP contribution is 2.71. The van der Waals surface area contributed by atoms with Crippen molar-refractivity contribution in [2.75, 3.05) is 28.4 Å². The monoisotopic (exact) mass is 530 g/mol. The Kier molecular flexibility index (Phi) is 6.05. The number of fused-ring (bicyclic) bond motifs is 2. The molecule has 0 amide bonds. The lowest BCUT2D eigenvalue weighted by molar-refractivity contribution is -0.141. The molecule has 0 aromatic heterocycles. The number of benzene rings is 2. The van der Waals surface area contributed by atoms with Gasteiger partial charge in [-0.05, 0) is 46.7 Å². The van der Waals surface area contributed by atoms with Crippen LogP contribution in [-0.4, -0.2) is 52.3 Å². The molecule has 0 saturated carbocycles. The van der Waals surface area contributed by atoms with Gasteiger partial charge >= 0.3 is 23.9 Å². The van der Waals surface area contributed by atoms with Gasteiger partial charge in [0.1, 0.15) is 0 Å². The van der Waals surface area contributed by atoms with Crippen molar-refractivity contribution in [1.29, 1.82) is 0 Å². The first-order valence-electron chi connectivity index (χ1n) is 12.6. The average molecular weight is 531 g/mol. The highest BCUT2D eigenvalue weighted by atomic mass is 16.5. The Morgan fingerprint density at radius 1 is 0.769 bits per heavy atom. The molecule has 2 aromatic rings. The third kappa shape index (κ3) is 3.17. The Morgan fingerprint density at radius 2 is 1.31 bits per heavy atom. The van der Waals surface area contributed by atoms with Crippen molar-refractivity contribution in [3.8, 4) is 11.1 Å². The van der Waals surface area contributed by atoms with Crippen molar-refractivity contribution in [3.05, 3.63) is 80.9 Å². The number of rotatable bonds is 5. The SMILES string of the molecule is COC(=O)C1=C(C(=O)OC)[C@@]23C[C@](C)(C(C(=O)OC)=C2C(=O)OC)c2c(C)cc(-c4ccccc4)c(c23)[C@H]1C. The minimum atomic E-state index is -1.49. The molecule has 1 spiro atoms. The van der Waals surface area contributed by atoms with Crippen LogP contribution in [0.4, 0.5) is 0 Å². The molecule has 3 aliphatic rings. The quantitative estimate of drug-likeness (QED) is 0.422. The van der Waals surface area contributed by atoms with Crippen molar-refractivity contribution in [1.82, 2.24) is 0 Å². The molecule has 8 heteroatoms. The average Bonchev–Trinajstić information content (AvgIpc) is 3.38. The van der Waals surface area contributed by atoms with E-state index >= 15 is 0 Å². The second-order valence-electron chi connectivity index (χ2n) is 10.4. The molecule has 202 valence electrons. The van der Waals surface area contributed by atoms with E-state index in [1.165, 1.54) is 28.4 Å². The van der Waals surface area contributed by atoms with E-state index in [1.54, 1.807) is 0 Å². The number of ether oxygens (including phenoxy) is 4. The first-order valence-corrected chi connectivity index (χ1v) is 12.6. The predicted octanol–water partition coefficient (Wildman–Crippen LogP) is 3.98. The van der Waals surface area contributed by atoms with Gasteiger partial charge in [-0.25, -0.2) is 19.2 Å². The summed E-state index contributed by atoms with van der Waals surface area (Å²) in [5.74, 6) is -3.56. The third-order valence-corrected chi connectivity index (χ3v) is 8.61. The molecule has 0 N–H and O–H groups in total. The molecule has 2 aromatic carbocycles. The Morgan fingerprint density at radius 3 is 1.87 bits per heavy atom. The van der Waals surface area contributed by atoms with Gasteiger partial charge < -0.3 is 18.9 Å². The highest BCUT2D eigenvalue weighted by Gasteiger charge is 2.70. The maximum Gasteiger partial charge on any atom is 0.335 e. The van der Waals surface area contributed by atoms with Gasteiger partial charge in [-0.15, -0.1) is 0 Å². The van der Waals surface area contributed by atoms with Crippen molar-refractivity contribution >= 4 is 23.9 Å². The summed E-state index contributed by atoms with van der Waals surface area (Å²) in [7, 11) is 4.93. The van der Waals surface area contributed by atoms with Crippen LogP contribution in [0.15, 0.2) is 58.7 Å². The zero-order valence-corrected chi connectivity index (χ0v) is 23.0. The number of hydrogen-bond donors (Lipinski definition) is 0. The normalized spacial score (nSPS) is 24.3. The summed E-state index contributed by atoms with van der Waals surface area (Å²) >= 11 is 0. The zero-order valence-electron chi connectivity index (χ0n) is 23.0. The van der Waals surface area contributed by atoms with Crippen LogP contribution >= 0.6 is 0 Å². The van der Waals surface area contributed by atoms with Gasteiger partial charge in [0.25, 0.3) is 0 Å². The molecule has 3 atom stereocenters. The summed E-state index contributed by atoms with van der Waals surface area (Å²) in [5.41, 5.74) is 2.71. The molecule has 2 bridgehead atoms. The number of hydrogen-bond acceptors (Lipinski definition) is 8. The van der Waals surface area contributed by atoms with Crippen LogP contribution in [0.25, 0.3) is 11.1 Å². The molecular weight excluding hydrogens is 500 g/mol. The van der Waals surface area contributed by atoms with Crippen LogP contribution < -0.4 is 0 Å². The van der Waals surface area contributed by atoms with E-state index in [0.29, 0.717) is 0 Å². The topological polar surface area (TPSA) is 105 Å². The van der Waals surface area contributed by atoms with Crippen LogP contribution in [0, 0.1) is 6.92 Å². The zero-order chi connectivity index (χ0) is 28.4. The van der Waals surface area contributed by atoms with Crippen LogP contribution in [0.2, 0.25) is 0 Å². The van der Waals surface area contributed by atoms with Crippen LogP contribution in [0.1, 0.15) is 48.4 Å². The molecule has 0 unspecified atom stereocenters. The largest absolute Gasteiger partial charge is 0.466 e. The lowest BCUT2D eigenvalue weighted by Crippen LogP contribution is -2.43. The van der Waals surface area contributed by atoms with E-state index in [9.17, 15) is 19.2 Å². The molecule has 0 aliphatic heterocycles. The summed E-state index contributed by atoms with van der Waals surface area (Å²) in [4.78, 5) is 54.2. The van der Waals surface area contributed by atoms with Gasteiger partial charge in [-0.1, -0.05) is 50.2 Å². The van der Waals surface area contributed by atoms with E-state index in [4.69, 9.17) is 18.9 Å². The first-order chi connectivity index (χ1) is 18.5. The van der Waals surface area contributed by atoms with Crippen molar-refractivity contribution in [2.45, 2.75) is 43.9 Å². The predicted molar refractivity (Wildman–Crippen MR) is 141 cm³/mol. The molecule has 0 heterocycles.